The SMILES string of the molecule is CCC(CC)CN(CC(OC)OC)C(=O)CCOCCc1ccc(O)c(C2(c3ccccc3)CCN(C)CC2)c1. The molecule has 0 radical (unpaired) electrons. The molecule has 0 unspecified atom stereocenters. The quantitative estimate of drug-likeness (QED) is 0.226. The van der Waals surface area contributed by atoms with Crippen LogP contribution in [0, 0.1) is 5.92 Å². The van der Waals surface area contributed by atoms with E-state index in [0.29, 0.717) is 44.4 Å². The fourth-order valence-corrected chi connectivity index (χ4v) is 5.76. The molecule has 1 amide bonds. The predicted octanol–water partition coefficient (Wildman–Crippen LogP) is 5.24. The molecule has 2 aromatic carbocycles. The second-order valence-electron chi connectivity index (χ2n) is 11.1. The molecular formula is C33H50N2O5. The number of carbonyl (C=O) groups excluding carboxylic acids is 1. The second-order valence-corrected chi connectivity index (χ2v) is 11.1. The Morgan fingerprint density at radius 2 is 1.68 bits per heavy atom. The van der Waals surface area contributed by atoms with Crippen LogP contribution in [0.3, 0.4) is 0 Å². The fourth-order valence-electron chi connectivity index (χ4n) is 5.76. The molecule has 40 heavy (non-hydrogen) atoms. The molecular weight excluding hydrogens is 504 g/mol. The lowest BCUT2D eigenvalue weighted by atomic mass is 9.67. The number of amides is 1. The number of aromatic hydroxyl groups is 1. The lowest BCUT2D eigenvalue weighted by Gasteiger charge is -2.42. The zero-order valence-electron chi connectivity index (χ0n) is 25.2. The number of phenolic OH excluding ortho intramolecular Hbond substituents is 1. The summed E-state index contributed by atoms with van der Waals surface area (Å²) in [7, 11) is 5.35. The van der Waals surface area contributed by atoms with Crippen molar-refractivity contribution in [2.24, 2.45) is 5.92 Å². The van der Waals surface area contributed by atoms with Gasteiger partial charge in [0.15, 0.2) is 6.29 Å². The zero-order valence-corrected chi connectivity index (χ0v) is 25.2. The number of hydrogen-bond acceptors (Lipinski definition) is 6. The summed E-state index contributed by atoms with van der Waals surface area (Å²) in [5.41, 5.74) is 3.18. The summed E-state index contributed by atoms with van der Waals surface area (Å²) >= 11 is 0. The van der Waals surface area contributed by atoms with Crippen molar-refractivity contribution in [3.05, 3.63) is 65.2 Å². The van der Waals surface area contributed by atoms with Gasteiger partial charge in [0.05, 0.1) is 26.2 Å². The largest absolute Gasteiger partial charge is 0.508 e. The van der Waals surface area contributed by atoms with Crippen LogP contribution >= 0.6 is 0 Å². The molecule has 0 aliphatic carbocycles. The summed E-state index contributed by atoms with van der Waals surface area (Å²) in [6.07, 6.45) is 4.58. The van der Waals surface area contributed by atoms with E-state index in [1.165, 1.54) is 5.56 Å². The smallest absolute Gasteiger partial charge is 0.225 e. The third-order valence-electron chi connectivity index (χ3n) is 8.62. The average molecular weight is 555 g/mol. The number of piperidine rings is 1. The van der Waals surface area contributed by atoms with Crippen LogP contribution in [-0.2, 0) is 30.8 Å². The van der Waals surface area contributed by atoms with Gasteiger partial charge in [-0.2, -0.15) is 0 Å². The van der Waals surface area contributed by atoms with Crippen LogP contribution < -0.4 is 0 Å². The van der Waals surface area contributed by atoms with E-state index in [2.05, 4.69) is 56.1 Å². The molecule has 1 heterocycles. The highest BCUT2D eigenvalue weighted by molar-refractivity contribution is 5.76. The molecule has 1 saturated heterocycles. The van der Waals surface area contributed by atoms with E-state index >= 15 is 0 Å². The summed E-state index contributed by atoms with van der Waals surface area (Å²) in [6.45, 7) is 8.29. The number of nitrogens with zero attached hydrogens (tertiary/aromatic N) is 2. The Balaban J connectivity index is 1.61. The monoisotopic (exact) mass is 554 g/mol. The van der Waals surface area contributed by atoms with Crippen LogP contribution in [0.2, 0.25) is 0 Å². The highest BCUT2D eigenvalue weighted by atomic mass is 16.7. The Kier molecular flexibility index (Phi) is 12.9. The third kappa shape index (κ3) is 8.53. The number of carbonyl (C=O) groups is 1. The van der Waals surface area contributed by atoms with Crippen molar-refractivity contribution in [3.63, 3.8) is 0 Å². The van der Waals surface area contributed by atoms with Gasteiger partial charge in [0.25, 0.3) is 0 Å². The van der Waals surface area contributed by atoms with Gasteiger partial charge in [-0.25, -0.2) is 0 Å². The minimum Gasteiger partial charge on any atom is -0.508 e. The van der Waals surface area contributed by atoms with Crippen LogP contribution in [0.1, 0.15) is 62.6 Å². The van der Waals surface area contributed by atoms with Gasteiger partial charge >= 0.3 is 0 Å². The zero-order chi connectivity index (χ0) is 29.0. The Morgan fingerprint density at radius 3 is 2.30 bits per heavy atom. The van der Waals surface area contributed by atoms with Crippen LogP contribution in [0.15, 0.2) is 48.5 Å². The van der Waals surface area contributed by atoms with Crippen molar-refractivity contribution in [2.45, 2.75) is 64.1 Å². The number of methoxy groups -OCH3 is 2. The maximum absolute atomic E-state index is 13.1. The van der Waals surface area contributed by atoms with E-state index in [-0.39, 0.29) is 11.3 Å². The van der Waals surface area contributed by atoms with Crippen molar-refractivity contribution in [3.8, 4) is 5.75 Å². The molecule has 1 aliphatic rings. The molecule has 222 valence electrons. The van der Waals surface area contributed by atoms with E-state index < -0.39 is 6.29 Å². The molecule has 0 spiro atoms. The summed E-state index contributed by atoms with van der Waals surface area (Å²) in [5.74, 6) is 0.864. The summed E-state index contributed by atoms with van der Waals surface area (Å²) < 4.78 is 16.6. The first kappa shape index (κ1) is 32.1. The van der Waals surface area contributed by atoms with E-state index in [1.807, 2.05) is 23.1 Å². The predicted molar refractivity (Wildman–Crippen MR) is 160 cm³/mol. The molecule has 1 fully saturated rings. The molecule has 1 aliphatic heterocycles. The molecule has 0 atom stereocenters. The normalized spacial score (nSPS) is 15.6. The van der Waals surface area contributed by atoms with Crippen molar-refractivity contribution < 1.29 is 24.1 Å². The Morgan fingerprint density at radius 1 is 1.00 bits per heavy atom. The highest BCUT2D eigenvalue weighted by Crippen LogP contribution is 2.45. The Labute approximate surface area is 241 Å². The molecule has 0 bridgehead atoms. The van der Waals surface area contributed by atoms with E-state index in [9.17, 15) is 9.90 Å². The van der Waals surface area contributed by atoms with Crippen LogP contribution in [0.4, 0.5) is 0 Å². The van der Waals surface area contributed by atoms with Gasteiger partial charge in [-0.05, 0) is 62.5 Å². The number of benzene rings is 2. The van der Waals surface area contributed by atoms with Gasteiger partial charge < -0.3 is 29.1 Å². The van der Waals surface area contributed by atoms with Gasteiger partial charge in [-0.15, -0.1) is 0 Å². The molecule has 7 heteroatoms. The number of likely N-dealkylation sites (tertiary alicyclic amines) is 1. The number of hydrogen-bond donors (Lipinski definition) is 1. The summed E-state index contributed by atoms with van der Waals surface area (Å²) in [6, 6.07) is 16.6. The van der Waals surface area contributed by atoms with Crippen molar-refractivity contribution in [1.29, 1.82) is 0 Å². The highest BCUT2D eigenvalue weighted by Gasteiger charge is 2.39. The molecule has 2 aromatic rings. The Hall–Kier alpha value is -2.45. The van der Waals surface area contributed by atoms with Crippen molar-refractivity contribution in [1.82, 2.24) is 9.80 Å². The Bertz CT molecular complexity index is 1000. The van der Waals surface area contributed by atoms with Gasteiger partial charge in [-0.1, -0.05) is 69.2 Å². The van der Waals surface area contributed by atoms with E-state index in [1.54, 1.807) is 14.2 Å². The minimum absolute atomic E-state index is 0.0602. The van der Waals surface area contributed by atoms with Gasteiger partial charge in [0.2, 0.25) is 5.91 Å². The first-order valence-corrected chi connectivity index (χ1v) is 14.8. The molecule has 1 N–H and O–H groups in total. The summed E-state index contributed by atoms with van der Waals surface area (Å²) in [5, 5.41) is 11.0. The standard InChI is InChI=1S/C33H50N2O5/c1-6-26(7-2)24-35(25-32(38-4)39-5)31(37)16-22-40-21-15-27-13-14-30(36)29(23-27)33(17-19-34(3)20-18-33)28-11-9-8-10-12-28/h8-14,23,26,32,36H,6-7,15-22,24-25H2,1-5H3. The van der Waals surface area contributed by atoms with Crippen LogP contribution in [0.25, 0.3) is 0 Å². The lowest BCUT2D eigenvalue weighted by Crippen LogP contribution is -2.42. The average Bonchev–Trinajstić information content (AvgIpc) is 2.99. The molecule has 7 nitrogen and oxygen atoms in total. The number of rotatable bonds is 16. The third-order valence-corrected chi connectivity index (χ3v) is 8.62. The fraction of sp³-hybridized carbons (Fsp3) is 0.606. The minimum atomic E-state index is -0.438. The lowest BCUT2D eigenvalue weighted by molar-refractivity contribution is -0.147. The van der Waals surface area contributed by atoms with Gasteiger partial charge in [-0.3, -0.25) is 4.79 Å². The number of phenols is 1. The molecule has 0 saturated carbocycles. The van der Waals surface area contributed by atoms with E-state index in [0.717, 1.165) is 56.3 Å². The maximum atomic E-state index is 13.1. The van der Waals surface area contributed by atoms with E-state index in [4.69, 9.17) is 14.2 Å². The van der Waals surface area contributed by atoms with Crippen molar-refractivity contribution in [2.75, 3.05) is 60.7 Å². The molecule has 3 rings (SSSR count). The van der Waals surface area contributed by atoms with Gasteiger partial charge in [0, 0.05) is 31.7 Å². The van der Waals surface area contributed by atoms with Crippen LogP contribution in [0.5, 0.6) is 5.75 Å². The topological polar surface area (TPSA) is 71.5 Å². The second kappa shape index (κ2) is 16.1. The van der Waals surface area contributed by atoms with Gasteiger partial charge in [0.1, 0.15) is 5.75 Å². The summed E-state index contributed by atoms with van der Waals surface area (Å²) in [4.78, 5) is 17.3. The van der Waals surface area contributed by atoms with Crippen LogP contribution in [-0.4, -0.2) is 87.8 Å². The number of ether oxygens (including phenoxy) is 3. The first-order chi connectivity index (χ1) is 19.4. The first-order valence-electron chi connectivity index (χ1n) is 14.8. The maximum Gasteiger partial charge on any atom is 0.225 e. The molecule has 0 aromatic heterocycles. The van der Waals surface area contributed by atoms with Crippen molar-refractivity contribution >= 4 is 5.91 Å².